The fraction of sp³-hybridized carbons (Fsp3) is 0.318. The molecule has 0 N–H and O–H groups in total. The summed E-state index contributed by atoms with van der Waals surface area (Å²) in [6, 6.07) is 15.9. The molecule has 1 aromatic heterocycles. The van der Waals surface area contributed by atoms with Gasteiger partial charge in [0.25, 0.3) is 5.52 Å². The molecule has 0 bridgehead atoms. The summed E-state index contributed by atoms with van der Waals surface area (Å²) < 4.78 is 46.7. The predicted molar refractivity (Wildman–Crippen MR) is 111 cm³/mol. The lowest BCUT2D eigenvalue weighted by Gasteiger charge is -2.05. The standard InChI is InChI=1S/C22H25NO5S/c1-3-19(27-4-2)16-22-23(13-8-14-29(24,25)26)20-15-18(11-12-21(20)28-22)17-9-6-5-7-10-17/h5-7,9-12,15-16H,3-4,8,13-14H2,1-2H3. The number of oxazole rings is 1. The Kier molecular flexibility index (Phi) is 6.71. The van der Waals surface area contributed by atoms with Crippen molar-refractivity contribution < 1.29 is 26.7 Å². The maximum absolute atomic E-state index is 11.0. The molecule has 3 aromatic rings. The van der Waals surface area contributed by atoms with E-state index >= 15 is 0 Å². The minimum absolute atomic E-state index is 0.206. The van der Waals surface area contributed by atoms with Crippen molar-refractivity contribution in [1.29, 1.82) is 0 Å². The summed E-state index contributed by atoms with van der Waals surface area (Å²) in [5, 5.41) is 0. The summed E-state index contributed by atoms with van der Waals surface area (Å²) in [5.74, 6) is 0.930. The molecule has 2 aromatic carbocycles. The van der Waals surface area contributed by atoms with Gasteiger partial charge in [-0.2, -0.15) is 4.57 Å². The Labute approximate surface area is 171 Å². The third kappa shape index (κ3) is 5.46. The summed E-state index contributed by atoms with van der Waals surface area (Å²) >= 11 is 0. The van der Waals surface area contributed by atoms with Crippen molar-refractivity contribution in [3.05, 3.63) is 60.2 Å². The van der Waals surface area contributed by atoms with Gasteiger partial charge in [0.05, 0.1) is 22.8 Å². The number of aromatic nitrogens is 1. The van der Waals surface area contributed by atoms with Crippen molar-refractivity contribution >= 4 is 27.3 Å². The van der Waals surface area contributed by atoms with Gasteiger partial charge in [0.1, 0.15) is 5.76 Å². The Balaban J connectivity index is 2.07. The van der Waals surface area contributed by atoms with Gasteiger partial charge in [0.2, 0.25) is 5.58 Å². The zero-order chi connectivity index (χ0) is 20.9. The van der Waals surface area contributed by atoms with E-state index in [0.717, 1.165) is 22.4 Å². The van der Waals surface area contributed by atoms with Crippen LogP contribution in [0.25, 0.3) is 28.3 Å². The van der Waals surface area contributed by atoms with E-state index in [4.69, 9.17) is 9.15 Å². The zero-order valence-corrected chi connectivity index (χ0v) is 17.4. The first kappa shape index (κ1) is 21.1. The molecule has 29 heavy (non-hydrogen) atoms. The molecule has 0 aliphatic carbocycles. The van der Waals surface area contributed by atoms with Crippen molar-refractivity contribution in [2.24, 2.45) is 0 Å². The SMILES string of the molecule is CCOC(=Cc1oc2ccc(-c3ccccc3)cc2[n+]1CCCS(=O)(=O)[O-])CC. The van der Waals surface area contributed by atoms with Gasteiger partial charge in [-0.05, 0) is 24.1 Å². The minimum atomic E-state index is -4.26. The van der Waals surface area contributed by atoms with Crippen molar-refractivity contribution in [2.75, 3.05) is 12.4 Å². The van der Waals surface area contributed by atoms with Gasteiger partial charge in [0.15, 0.2) is 6.54 Å². The van der Waals surface area contributed by atoms with Gasteiger partial charge in [0, 0.05) is 24.7 Å². The number of allylic oxidation sites excluding steroid dienone is 1. The Hall–Kier alpha value is -2.64. The molecule has 0 aliphatic heterocycles. The monoisotopic (exact) mass is 415 g/mol. The topological polar surface area (TPSA) is 83.5 Å². The van der Waals surface area contributed by atoms with Crippen molar-refractivity contribution in [2.45, 2.75) is 33.2 Å². The first-order chi connectivity index (χ1) is 13.9. The van der Waals surface area contributed by atoms with E-state index in [1.54, 1.807) is 0 Å². The molecular formula is C22H25NO5S. The highest BCUT2D eigenvalue weighted by Crippen LogP contribution is 2.25. The van der Waals surface area contributed by atoms with Crippen LogP contribution in [0.1, 0.15) is 32.6 Å². The van der Waals surface area contributed by atoms with Crippen molar-refractivity contribution in [3.8, 4) is 11.1 Å². The second kappa shape index (κ2) is 9.24. The van der Waals surface area contributed by atoms with Gasteiger partial charge in [-0.3, -0.25) is 0 Å². The molecule has 6 nitrogen and oxygen atoms in total. The van der Waals surface area contributed by atoms with Crippen LogP contribution in [0.2, 0.25) is 0 Å². The first-order valence-electron chi connectivity index (χ1n) is 9.70. The lowest BCUT2D eigenvalue weighted by molar-refractivity contribution is -0.677. The summed E-state index contributed by atoms with van der Waals surface area (Å²) in [6.07, 6.45) is 2.74. The molecule has 0 saturated carbocycles. The largest absolute Gasteiger partial charge is 0.748 e. The van der Waals surface area contributed by atoms with Gasteiger partial charge >= 0.3 is 5.89 Å². The summed E-state index contributed by atoms with van der Waals surface area (Å²) in [6.45, 7) is 4.81. The van der Waals surface area contributed by atoms with E-state index in [1.807, 2.05) is 73.0 Å². The molecule has 0 aliphatic rings. The van der Waals surface area contributed by atoms with Crippen LogP contribution in [0.5, 0.6) is 0 Å². The number of ether oxygens (including phenoxy) is 1. The quantitative estimate of drug-likeness (QED) is 0.298. The Morgan fingerprint density at radius 2 is 1.90 bits per heavy atom. The third-order valence-electron chi connectivity index (χ3n) is 4.58. The highest BCUT2D eigenvalue weighted by atomic mass is 32.2. The molecule has 1 heterocycles. The van der Waals surface area contributed by atoms with Crippen LogP contribution in [-0.2, 0) is 21.4 Å². The molecule has 0 atom stereocenters. The van der Waals surface area contributed by atoms with Gasteiger partial charge in [-0.25, -0.2) is 8.42 Å². The van der Waals surface area contributed by atoms with Gasteiger partial charge < -0.3 is 13.7 Å². The first-order valence-corrected chi connectivity index (χ1v) is 11.3. The maximum atomic E-state index is 11.0. The number of nitrogens with zero attached hydrogens (tertiary/aromatic N) is 1. The molecule has 0 saturated heterocycles. The summed E-state index contributed by atoms with van der Waals surface area (Å²) in [4.78, 5) is 0. The molecule has 0 radical (unpaired) electrons. The second-order valence-electron chi connectivity index (χ2n) is 6.65. The van der Waals surface area contributed by atoms with Crippen molar-refractivity contribution in [3.63, 3.8) is 0 Å². The van der Waals surface area contributed by atoms with E-state index in [-0.39, 0.29) is 6.42 Å². The highest BCUT2D eigenvalue weighted by molar-refractivity contribution is 7.85. The molecule has 0 spiro atoms. The minimum Gasteiger partial charge on any atom is -0.748 e. The maximum Gasteiger partial charge on any atom is 0.377 e. The highest BCUT2D eigenvalue weighted by Gasteiger charge is 2.22. The Morgan fingerprint density at radius 3 is 2.55 bits per heavy atom. The average molecular weight is 416 g/mol. The predicted octanol–water partition coefficient (Wildman–Crippen LogP) is 4.11. The number of hydrogen-bond donors (Lipinski definition) is 0. The van der Waals surface area contributed by atoms with E-state index in [1.165, 1.54) is 0 Å². The zero-order valence-electron chi connectivity index (χ0n) is 16.6. The molecule has 0 fully saturated rings. The fourth-order valence-corrected chi connectivity index (χ4v) is 3.70. The van der Waals surface area contributed by atoms with E-state index < -0.39 is 15.9 Å². The van der Waals surface area contributed by atoms with Crippen molar-refractivity contribution in [1.82, 2.24) is 0 Å². The number of aryl methyl sites for hydroxylation is 1. The summed E-state index contributed by atoms with van der Waals surface area (Å²) in [7, 11) is -4.26. The van der Waals surface area contributed by atoms with Crippen LogP contribution in [0, 0.1) is 0 Å². The molecule has 7 heteroatoms. The van der Waals surface area contributed by atoms with Crippen LogP contribution < -0.4 is 4.57 Å². The van der Waals surface area contributed by atoms with Crippen LogP contribution >= 0.6 is 0 Å². The fourth-order valence-electron chi connectivity index (χ4n) is 3.22. The third-order valence-corrected chi connectivity index (χ3v) is 5.36. The molecule has 154 valence electrons. The molecule has 0 unspecified atom stereocenters. The Bertz CT molecular complexity index is 1100. The number of hydrogen-bond acceptors (Lipinski definition) is 5. The number of fused-ring (bicyclic) bond motifs is 1. The molecule has 3 rings (SSSR count). The molecular weight excluding hydrogens is 390 g/mol. The second-order valence-corrected chi connectivity index (χ2v) is 8.18. The Morgan fingerprint density at radius 1 is 1.14 bits per heavy atom. The lowest BCUT2D eigenvalue weighted by atomic mass is 10.1. The van der Waals surface area contributed by atoms with Crippen LogP contribution in [0.3, 0.4) is 0 Å². The van der Waals surface area contributed by atoms with E-state index in [9.17, 15) is 13.0 Å². The van der Waals surface area contributed by atoms with Gasteiger partial charge in [-0.1, -0.05) is 43.3 Å². The number of benzene rings is 2. The normalized spacial score (nSPS) is 12.4. The van der Waals surface area contributed by atoms with E-state index in [0.29, 0.717) is 31.0 Å². The molecule has 0 amide bonds. The van der Waals surface area contributed by atoms with Crippen LogP contribution in [-0.4, -0.2) is 25.3 Å². The van der Waals surface area contributed by atoms with Crippen LogP contribution in [0.15, 0.2) is 58.7 Å². The summed E-state index contributed by atoms with van der Waals surface area (Å²) in [5.41, 5.74) is 3.63. The lowest BCUT2D eigenvalue weighted by Crippen LogP contribution is -2.36. The van der Waals surface area contributed by atoms with Crippen LogP contribution in [0.4, 0.5) is 0 Å². The number of rotatable bonds is 9. The smallest absolute Gasteiger partial charge is 0.377 e. The van der Waals surface area contributed by atoms with Gasteiger partial charge in [-0.15, -0.1) is 0 Å². The average Bonchev–Trinajstić information content (AvgIpc) is 3.04. The van der Waals surface area contributed by atoms with E-state index in [2.05, 4.69) is 0 Å².